The molecule has 1 amide bonds. The van der Waals surface area contributed by atoms with Crippen molar-refractivity contribution in [1.82, 2.24) is 15.2 Å². The first kappa shape index (κ1) is 16.1. The summed E-state index contributed by atoms with van der Waals surface area (Å²) in [5, 5.41) is 6.32. The fourth-order valence-electron chi connectivity index (χ4n) is 2.54. The smallest absolute Gasteiger partial charge is 0.224 e. The van der Waals surface area contributed by atoms with Crippen LogP contribution in [0.4, 0.5) is 0 Å². The Kier molecular flexibility index (Phi) is 5.38. The number of amides is 1. The molecule has 1 aliphatic heterocycles. The largest absolute Gasteiger partial charge is 0.378 e. The molecule has 1 unspecified atom stereocenters. The van der Waals surface area contributed by atoms with Crippen molar-refractivity contribution in [3.8, 4) is 10.6 Å². The van der Waals surface area contributed by atoms with Gasteiger partial charge in [-0.1, -0.05) is 30.3 Å². The summed E-state index contributed by atoms with van der Waals surface area (Å²) in [6.07, 6.45) is 0.464. The lowest BCUT2D eigenvalue weighted by molar-refractivity contribution is -0.131. The highest BCUT2D eigenvalue weighted by molar-refractivity contribution is 7.13. The van der Waals surface area contributed by atoms with E-state index in [2.05, 4.69) is 10.3 Å². The summed E-state index contributed by atoms with van der Waals surface area (Å²) in [6.45, 7) is 2.68. The van der Waals surface area contributed by atoms with Crippen molar-refractivity contribution in [2.75, 3.05) is 26.8 Å². The first-order chi connectivity index (χ1) is 11.2. The quantitative estimate of drug-likeness (QED) is 0.912. The predicted molar refractivity (Wildman–Crippen MR) is 91.3 cm³/mol. The van der Waals surface area contributed by atoms with Gasteiger partial charge in [0.2, 0.25) is 5.91 Å². The third-order valence-corrected chi connectivity index (χ3v) is 4.76. The summed E-state index contributed by atoms with van der Waals surface area (Å²) in [4.78, 5) is 18.7. The fourth-order valence-corrected chi connectivity index (χ4v) is 3.36. The lowest BCUT2D eigenvalue weighted by Crippen LogP contribution is -2.44. The van der Waals surface area contributed by atoms with Crippen molar-refractivity contribution in [2.45, 2.75) is 19.0 Å². The molecule has 1 fully saturated rings. The SMILES string of the molecule is CN(Cc1csc(-c2ccccc2)n1)C(=O)CC1COCCN1. The molecular formula is C17H21N3O2S. The molecule has 1 aromatic carbocycles. The molecule has 5 nitrogen and oxygen atoms in total. The van der Waals surface area contributed by atoms with Gasteiger partial charge in [0.25, 0.3) is 0 Å². The van der Waals surface area contributed by atoms with Gasteiger partial charge < -0.3 is 15.0 Å². The molecule has 2 heterocycles. The molecule has 6 heteroatoms. The maximum atomic E-state index is 12.3. The van der Waals surface area contributed by atoms with Crippen LogP contribution < -0.4 is 5.32 Å². The molecule has 3 rings (SSSR count). The van der Waals surface area contributed by atoms with E-state index in [9.17, 15) is 4.79 Å². The van der Waals surface area contributed by atoms with Gasteiger partial charge in [-0.05, 0) is 0 Å². The number of nitrogens with one attached hydrogen (secondary N) is 1. The Hall–Kier alpha value is -1.76. The second-order valence-electron chi connectivity index (χ2n) is 5.69. The van der Waals surface area contributed by atoms with E-state index < -0.39 is 0 Å². The van der Waals surface area contributed by atoms with Gasteiger partial charge in [0, 0.05) is 37.0 Å². The van der Waals surface area contributed by atoms with Crippen LogP contribution in [0.15, 0.2) is 35.7 Å². The molecular weight excluding hydrogens is 310 g/mol. The minimum absolute atomic E-state index is 0.113. The summed E-state index contributed by atoms with van der Waals surface area (Å²) in [5.74, 6) is 0.113. The number of ether oxygens (including phenoxy) is 1. The monoisotopic (exact) mass is 331 g/mol. The van der Waals surface area contributed by atoms with E-state index in [0.29, 0.717) is 19.6 Å². The second-order valence-corrected chi connectivity index (χ2v) is 6.55. The zero-order valence-corrected chi connectivity index (χ0v) is 14.0. The van der Waals surface area contributed by atoms with Gasteiger partial charge >= 0.3 is 0 Å². The molecule has 1 atom stereocenters. The third-order valence-electron chi connectivity index (χ3n) is 3.82. The maximum Gasteiger partial charge on any atom is 0.224 e. The van der Waals surface area contributed by atoms with Crippen molar-refractivity contribution in [2.24, 2.45) is 0 Å². The highest BCUT2D eigenvalue weighted by atomic mass is 32.1. The number of thiazole rings is 1. The molecule has 0 bridgehead atoms. The van der Waals surface area contributed by atoms with Gasteiger partial charge in [0.05, 0.1) is 25.5 Å². The van der Waals surface area contributed by atoms with Crippen LogP contribution in [0.5, 0.6) is 0 Å². The summed E-state index contributed by atoms with van der Waals surface area (Å²) in [7, 11) is 1.83. The van der Waals surface area contributed by atoms with Crippen LogP contribution in [-0.2, 0) is 16.1 Å². The summed E-state index contributed by atoms with van der Waals surface area (Å²) >= 11 is 1.61. The van der Waals surface area contributed by atoms with E-state index in [1.165, 1.54) is 0 Å². The minimum atomic E-state index is 0.113. The first-order valence-corrected chi connectivity index (χ1v) is 8.65. The Morgan fingerprint density at radius 1 is 1.43 bits per heavy atom. The number of morpholine rings is 1. The zero-order chi connectivity index (χ0) is 16.1. The molecule has 1 N–H and O–H groups in total. The van der Waals surface area contributed by atoms with Gasteiger partial charge in [-0.25, -0.2) is 4.98 Å². The lowest BCUT2D eigenvalue weighted by atomic mass is 10.2. The average molecular weight is 331 g/mol. The zero-order valence-electron chi connectivity index (χ0n) is 13.2. The normalized spacial score (nSPS) is 17.9. The van der Waals surface area contributed by atoms with E-state index in [4.69, 9.17) is 4.74 Å². The third kappa shape index (κ3) is 4.37. The van der Waals surface area contributed by atoms with Crippen LogP contribution in [0, 0.1) is 0 Å². The number of carbonyl (C=O) groups is 1. The van der Waals surface area contributed by atoms with Crippen LogP contribution in [0.1, 0.15) is 12.1 Å². The Labute approximate surface area is 140 Å². The summed E-state index contributed by atoms with van der Waals surface area (Å²) in [5.41, 5.74) is 2.04. The molecule has 0 radical (unpaired) electrons. The number of aromatic nitrogens is 1. The highest BCUT2D eigenvalue weighted by Crippen LogP contribution is 2.23. The summed E-state index contributed by atoms with van der Waals surface area (Å²) < 4.78 is 5.39. The van der Waals surface area contributed by atoms with Crippen molar-refractivity contribution >= 4 is 17.2 Å². The van der Waals surface area contributed by atoms with Gasteiger partial charge in [-0.3, -0.25) is 4.79 Å². The van der Waals surface area contributed by atoms with Crippen LogP contribution in [0.25, 0.3) is 10.6 Å². The van der Waals surface area contributed by atoms with E-state index in [1.54, 1.807) is 16.2 Å². The lowest BCUT2D eigenvalue weighted by Gasteiger charge is -2.25. The Morgan fingerprint density at radius 3 is 3.00 bits per heavy atom. The molecule has 0 spiro atoms. The Morgan fingerprint density at radius 2 is 2.26 bits per heavy atom. The van der Waals surface area contributed by atoms with E-state index in [0.717, 1.165) is 29.4 Å². The Bertz CT molecular complexity index is 638. The van der Waals surface area contributed by atoms with Gasteiger partial charge in [0.1, 0.15) is 5.01 Å². The van der Waals surface area contributed by atoms with Crippen molar-refractivity contribution in [1.29, 1.82) is 0 Å². The molecule has 1 aliphatic rings. The molecule has 0 saturated carbocycles. The molecule has 2 aromatic rings. The second kappa shape index (κ2) is 7.68. The molecule has 0 aliphatic carbocycles. The van der Waals surface area contributed by atoms with Crippen molar-refractivity contribution in [3.63, 3.8) is 0 Å². The standard InChI is InChI=1S/C17H21N3O2S/c1-20(16(21)9-14-11-22-8-7-18-14)10-15-12-23-17(19-15)13-5-3-2-4-6-13/h2-6,12,14,18H,7-11H2,1H3. The minimum Gasteiger partial charge on any atom is -0.378 e. The Balaban J connectivity index is 1.56. The number of benzene rings is 1. The number of hydrogen-bond acceptors (Lipinski definition) is 5. The van der Waals surface area contributed by atoms with Crippen LogP contribution >= 0.6 is 11.3 Å². The molecule has 1 saturated heterocycles. The topological polar surface area (TPSA) is 54.5 Å². The van der Waals surface area contributed by atoms with Crippen LogP contribution in [0.3, 0.4) is 0 Å². The first-order valence-electron chi connectivity index (χ1n) is 7.77. The highest BCUT2D eigenvalue weighted by Gasteiger charge is 2.19. The molecule has 23 heavy (non-hydrogen) atoms. The van der Waals surface area contributed by atoms with E-state index in [1.807, 2.05) is 42.8 Å². The van der Waals surface area contributed by atoms with Crippen molar-refractivity contribution in [3.05, 3.63) is 41.4 Å². The van der Waals surface area contributed by atoms with E-state index >= 15 is 0 Å². The van der Waals surface area contributed by atoms with Crippen LogP contribution in [0.2, 0.25) is 0 Å². The number of rotatable bonds is 5. The van der Waals surface area contributed by atoms with Crippen molar-refractivity contribution < 1.29 is 9.53 Å². The maximum absolute atomic E-state index is 12.3. The average Bonchev–Trinajstić information content (AvgIpc) is 3.05. The van der Waals surface area contributed by atoms with Gasteiger partial charge in [0.15, 0.2) is 0 Å². The van der Waals surface area contributed by atoms with E-state index in [-0.39, 0.29) is 11.9 Å². The number of nitrogens with zero attached hydrogens (tertiary/aromatic N) is 2. The predicted octanol–water partition coefficient (Wildman–Crippen LogP) is 2.15. The number of carbonyl (C=O) groups excluding carboxylic acids is 1. The van der Waals surface area contributed by atoms with Crippen LogP contribution in [-0.4, -0.2) is 48.6 Å². The molecule has 1 aromatic heterocycles. The van der Waals surface area contributed by atoms with Gasteiger partial charge in [-0.15, -0.1) is 11.3 Å². The number of hydrogen-bond donors (Lipinski definition) is 1. The fraction of sp³-hybridized carbons (Fsp3) is 0.412. The molecule has 122 valence electrons. The summed E-state index contributed by atoms with van der Waals surface area (Å²) in [6, 6.07) is 10.2. The van der Waals surface area contributed by atoms with Gasteiger partial charge in [-0.2, -0.15) is 0 Å².